The minimum Gasteiger partial charge on any atom is -0.306 e. The van der Waals surface area contributed by atoms with Crippen LogP contribution >= 0.6 is 70.0 Å². The summed E-state index contributed by atoms with van der Waals surface area (Å²) in [6.07, 6.45) is 0. The van der Waals surface area contributed by atoms with Crippen molar-refractivity contribution in [1.82, 2.24) is 4.72 Å². The van der Waals surface area contributed by atoms with Crippen LogP contribution in [0.15, 0.2) is 30.3 Å². The molecular weight excluding hydrogens is 437 g/mol. The third-order valence-corrected chi connectivity index (χ3v) is 5.45. The van der Waals surface area contributed by atoms with E-state index in [-0.39, 0.29) is 36.4 Å². The molecule has 0 spiro atoms. The first kappa shape index (κ1) is 19.5. The Balaban J connectivity index is 2.02. The highest BCUT2D eigenvalue weighted by Crippen LogP contribution is 2.40. The summed E-state index contributed by atoms with van der Waals surface area (Å²) in [5.41, 5.74) is 0.430. The van der Waals surface area contributed by atoms with Crippen molar-refractivity contribution < 1.29 is 9.59 Å². The van der Waals surface area contributed by atoms with Crippen molar-refractivity contribution in [2.45, 2.75) is 0 Å². The second-order valence-electron chi connectivity index (χ2n) is 4.27. The molecule has 24 heavy (non-hydrogen) atoms. The smallest absolute Gasteiger partial charge is 0.306 e. The van der Waals surface area contributed by atoms with E-state index in [0.717, 1.165) is 0 Å². The zero-order valence-electron chi connectivity index (χ0n) is 11.5. The molecule has 2 aromatic carbocycles. The van der Waals surface area contributed by atoms with E-state index in [2.05, 4.69) is 10.0 Å². The first-order chi connectivity index (χ1) is 11.3. The van der Waals surface area contributed by atoms with Crippen LogP contribution < -0.4 is 10.0 Å². The third-order valence-electron chi connectivity index (χ3n) is 2.68. The van der Waals surface area contributed by atoms with E-state index in [9.17, 15) is 9.59 Å². The summed E-state index contributed by atoms with van der Waals surface area (Å²) in [4.78, 5) is 23.9. The molecule has 0 aromatic heterocycles. The van der Waals surface area contributed by atoms with Crippen LogP contribution in [0.2, 0.25) is 25.1 Å². The van der Waals surface area contributed by atoms with Crippen molar-refractivity contribution in [3.63, 3.8) is 0 Å². The molecule has 0 saturated carbocycles. The highest BCUT2D eigenvalue weighted by molar-refractivity contribution is 8.12. The van der Waals surface area contributed by atoms with Crippen LogP contribution in [0.5, 0.6) is 0 Å². The predicted molar refractivity (Wildman–Crippen MR) is 102 cm³/mol. The standard InChI is InChI=1S/C14H7Cl5N2O2S/c15-7-4-2-1-3-6(7)13(22)24-21-14(23)20-9-5-8(16)10(17)12(19)11(9)18/h1-5H,(H2,20,21,23). The Labute approximate surface area is 166 Å². The van der Waals surface area contributed by atoms with Crippen LogP contribution in [0.4, 0.5) is 10.5 Å². The summed E-state index contributed by atoms with van der Waals surface area (Å²) < 4.78 is 2.32. The lowest BCUT2D eigenvalue weighted by atomic mass is 10.2. The summed E-state index contributed by atoms with van der Waals surface area (Å²) >= 11 is 30.1. The molecule has 4 nitrogen and oxygen atoms in total. The van der Waals surface area contributed by atoms with Gasteiger partial charge < -0.3 is 5.32 Å². The third kappa shape index (κ3) is 4.63. The Morgan fingerprint density at radius 1 is 0.875 bits per heavy atom. The number of anilines is 1. The Morgan fingerprint density at radius 2 is 1.54 bits per heavy atom. The summed E-state index contributed by atoms with van der Waals surface area (Å²) in [6.45, 7) is 0. The number of amides is 2. The number of benzene rings is 2. The van der Waals surface area contributed by atoms with Gasteiger partial charge in [0.05, 0.1) is 30.8 Å². The van der Waals surface area contributed by atoms with Gasteiger partial charge in [0.15, 0.2) is 0 Å². The lowest BCUT2D eigenvalue weighted by Gasteiger charge is -2.11. The molecule has 0 atom stereocenters. The summed E-state index contributed by atoms with van der Waals surface area (Å²) in [6, 6.07) is 7.13. The molecule has 0 bridgehead atoms. The van der Waals surface area contributed by atoms with Gasteiger partial charge in [-0.05, 0) is 18.2 Å². The zero-order chi connectivity index (χ0) is 17.9. The molecule has 0 aliphatic heterocycles. The zero-order valence-corrected chi connectivity index (χ0v) is 16.1. The average molecular weight is 445 g/mol. The highest BCUT2D eigenvalue weighted by Gasteiger charge is 2.16. The largest absolute Gasteiger partial charge is 0.329 e. The number of halogens is 5. The maximum Gasteiger partial charge on any atom is 0.329 e. The van der Waals surface area contributed by atoms with Crippen molar-refractivity contribution in [2.24, 2.45) is 0 Å². The molecule has 0 saturated heterocycles. The average Bonchev–Trinajstić information content (AvgIpc) is 2.56. The molecule has 10 heteroatoms. The molecule has 0 heterocycles. The first-order valence-electron chi connectivity index (χ1n) is 6.17. The molecule has 2 rings (SSSR count). The Bertz CT molecular complexity index is 816. The van der Waals surface area contributed by atoms with Crippen LogP contribution in [-0.4, -0.2) is 11.1 Å². The normalized spacial score (nSPS) is 10.4. The van der Waals surface area contributed by atoms with Gasteiger partial charge in [-0.25, -0.2) is 4.79 Å². The summed E-state index contributed by atoms with van der Waals surface area (Å²) in [5, 5.41) is 2.54. The molecule has 0 radical (unpaired) electrons. The topological polar surface area (TPSA) is 58.2 Å². The van der Waals surface area contributed by atoms with Gasteiger partial charge in [0.2, 0.25) is 5.12 Å². The molecule has 2 amide bonds. The van der Waals surface area contributed by atoms with Crippen LogP contribution in [0.25, 0.3) is 0 Å². The van der Waals surface area contributed by atoms with E-state index in [1.54, 1.807) is 24.3 Å². The Hall–Kier alpha value is -0.820. The molecule has 0 unspecified atom stereocenters. The number of carbonyl (C=O) groups excluding carboxylic acids is 2. The van der Waals surface area contributed by atoms with Gasteiger partial charge in [-0.2, -0.15) is 0 Å². The van der Waals surface area contributed by atoms with Crippen LogP contribution in [0.3, 0.4) is 0 Å². The van der Waals surface area contributed by atoms with Crippen molar-refractivity contribution in [3.05, 3.63) is 61.0 Å². The van der Waals surface area contributed by atoms with E-state index < -0.39 is 11.1 Å². The highest BCUT2D eigenvalue weighted by atomic mass is 35.5. The molecule has 0 aliphatic rings. The van der Waals surface area contributed by atoms with Gasteiger partial charge >= 0.3 is 6.03 Å². The van der Waals surface area contributed by atoms with Crippen molar-refractivity contribution in [1.29, 1.82) is 0 Å². The summed E-state index contributed by atoms with van der Waals surface area (Å²) in [5.74, 6) is 0. The maximum atomic E-state index is 12.0. The Kier molecular flexibility index (Phi) is 6.92. The minimum absolute atomic E-state index is 0.0148. The lowest BCUT2D eigenvalue weighted by Crippen LogP contribution is -2.24. The van der Waals surface area contributed by atoms with Crippen LogP contribution in [0.1, 0.15) is 10.4 Å². The quantitative estimate of drug-likeness (QED) is 0.313. The minimum atomic E-state index is -0.697. The van der Waals surface area contributed by atoms with Gasteiger partial charge in [-0.1, -0.05) is 70.1 Å². The van der Waals surface area contributed by atoms with Crippen molar-refractivity contribution >= 4 is 86.8 Å². The van der Waals surface area contributed by atoms with Gasteiger partial charge in [-0.3, -0.25) is 9.52 Å². The van der Waals surface area contributed by atoms with Gasteiger partial charge in [-0.15, -0.1) is 0 Å². The second-order valence-corrected chi connectivity index (χ2v) is 7.00. The van der Waals surface area contributed by atoms with Crippen molar-refractivity contribution in [3.8, 4) is 0 Å². The van der Waals surface area contributed by atoms with Crippen LogP contribution in [-0.2, 0) is 0 Å². The lowest BCUT2D eigenvalue weighted by molar-refractivity contribution is 0.108. The maximum absolute atomic E-state index is 12.0. The van der Waals surface area contributed by atoms with Gasteiger partial charge in [0, 0.05) is 17.5 Å². The molecule has 126 valence electrons. The van der Waals surface area contributed by atoms with E-state index in [4.69, 9.17) is 58.0 Å². The van der Waals surface area contributed by atoms with Gasteiger partial charge in [0.25, 0.3) is 0 Å². The summed E-state index contributed by atoms with van der Waals surface area (Å²) in [7, 11) is 0. The molecule has 2 aromatic rings. The number of carbonyl (C=O) groups is 2. The monoisotopic (exact) mass is 442 g/mol. The number of urea groups is 1. The second kappa shape index (κ2) is 8.52. The van der Waals surface area contributed by atoms with E-state index >= 15 is 0 Å². The SMILES string of the molecule is O=C(NSC(=O)c1ccccc1Cl)Nc1cc(Cl)c(Cl)c(Cl)c1Cl. The van der Waals surface area contributed by atoms with Crippen molar-refractivity contribution in [2.75, 3.05) is 5.32 Å². The number of hydrogen-bond donors (Lipinski definition) is 2. The fourth-order valence-electron chi connectivity index (χ4n) is 1.59. The first-order valence-corrected chi connectivity index (χ1v) is 8.87. The van der Waals surface area contributed by atoms with Gasteiger partial charge in [0.1, 0.15) is 0 Å². The predicted octanol–water partition coefficient (Wildman–Crippen LogP) is 6.56. The fourth-order valence-corrected chi connectivity index (χ4v) is 3.24. The molecular formula is C14H7Cl5N2O2S. The fraction of sp³-hybridized carbons (Fsp3) is 0. The van der Waals surface area contributed by atoms with Crippen LogP contribution in [0, 0.1) is 0 Å². The van der Waals surface area contributed by atoms with E-state index in [1.807, 2.05) is 0 Å². The number of nitrogens with one attached hydrogen (secondary N) is 2. The molecule has 0 fully saturated rings. The van der Waals surface area contributed by atoms with E-state index in [0.29, 0.717) is 11.9 Å². The molecule has 0 aliphatic carbocycles. The number of hydrogen-bond acceptors (Lipinski definition) is 3. The molecule has 2 N–H and O–H groups in total. The van der Waals surface area contributed by atoms with E-state index in [1.165, 1.54) is 6.07 Å². The number of rotatable bonds is 2. The Morgan fingerprint density at radius 3 is 2.21 bits per heavy atom.